The molecule has 1 aromatic carbocycles. The summed E-state index contributed by atoms with van der Waals surface area (Å²) in [6.07, 6.45) is 9.39. The molecule has 2 heterocycles. The van der Waals surface area contributed by atoms with Gasteiger partial charge in [0.15, 0.2) is 0 Å². The van der Waals surface area contributed by atoms with Gasteiger partial charge in [-0.25, -0.2) is 0 Å². The molecule has 0 spiro atoms. The van der Waals surface area contributed by atoms with Crippen LogP contribution in [0.1, 0.15) is 50.5 Å². The second kappa shape index (κ2) is 7.66. The van der Waals surface area contributed by atoms with Gasteiger partial charge in [-0.05, 0) is 49.8 Å². The Labute approximate surface area is 134 Å². The van der Waals surface area contributed by atoms with Crippen LogP contribution in [0.4, 0.5) is 5.69 Å². The lowest BCUT2D eigenvalue weighted by Crippen LogP contribution is -2.33. The van der Waals surface area contributed by atoms with Crippen LogP contribution in [0, 0.1) is 0 Å². The number of carbonyl (C=O) groups excluding carboxylic acids is 1. The first-order valence-corrected chi connectivity index (χ1v) is 8.94. The third-order valence-electron chi connectivity index (χ3n) is 4.97. The topological polar surface area (TPSA) is 23.6 Å². The van der Waals surface area contributed by atoms with Gasteiger partial charge in [-0.2, -0.15) is 0 Å². The molecule has 120 valence electrons. The molecule has 2 aliphatic rings. The minimum absolute atomic E-state index is 0.299. The summed E-state index contributed by atoms with van der Waals surface area (Å²) < 4.78 is 0. The monoisotopic (exact) mass is 300 g/mol. The van der Waals surface area contributed by atoms with E-state index in [1.54, 1.807) is 0 Å². The fourth-order valence-corrected chi connectivity index (χ4v) is 3.58. The van der Waals surface area contributed by atoms with E-state index in [0.717, 1.165) is 18.7 Å². The molecule has 2 fully saturated rings. The molecule has 3 nitrogen and oxygen atoms in total. The van der Waals surface area contributed by atoms with Crippen LogP contribution in [-0.4, -0.2) is 37.0 Å². The SMILES string of the molecule is O=C(Cc1ccc(N2CCCCC2)cc1)N1CCCCCC1. The number of benzene rings is 1. The Morgan fingerprint density at radius 3 is 1.95 bits per heavy atom. The van der Waals surface area contributed by atoms with Crippen molar-refractivity contribution in [3.63, 3.8) is 0 Å². The number of hydrogen-bond acceptors (Lipinski definition) is 2. The van der Waals surface area contributed by atoms with Crippen LogP contribution in [0.3, 0.4) is 0 Å². The maximum atomic E-state index is 12.4. The fraction of sp³-hybridized carbons (Fsp3) is 0.632. The van der Waals surface area contributed by atoms with Gasteiger partial charge in [-0.1, -0.05) is 25.0 Å². The summed E-state index contributed by atoms with van der Waals surface area (Å²) in [4.78, 5) is 16.9. The number of nitrogens with zero attached hydrogens (tertiary/aromatic N) is 2. The molecule has 0 N–H and O–H groups in total. The predicted molar refractivity (Wildman–Crippen MR) is 91.3 cm³/mol. The van der Waals surface area contributed by atoms with Crippen LogP contribution < -0.4 is 4.90 Å². The Morgan fingerprint density at radius 1 is 0.773 bits per heavy atom. The molecular weight excluding hydrogens is 272 g/mol. The highest BCUT2D eigenvalue weighted by molar-refractivity contribution is 5.79. The summed E-state index contributed by atoms with van der Waals surface area (Å²) in [6, 6.07) is 8.66. The molecule has 3 rings (SSSR count). The molecule has 0 unspecified atom stereocenters. The van der Waals surface area contributed by atoms with E-state index in [2.05, 4.69) is 34.1 Å². The highest BCUT2D eigenvalue weighted by atomic mass is 16.2. The van der Waals surface area contributed by atoms with Gasteiger partial charge < -0.3 is 9.80 Å². The summed E-state index contributed by atoms with van der Waals surface area (Å²) in [7, 11) is 0. The molecule has 3 heteroatoms. The summed E-state index contributed by atoms with van der Waals surface area (Å²) >= 11 is 0. The number of piperidine rings is 1. The molecule has 2 aliphatic heterocycles. The van der Waals surface area contributed by atoms with E-state index in [0.29, 0.717) is 12.3 Å². The van der Waals surface area contributed by atoms with E-state index in [1.165, 1.54) is 63.7 Å². The summed E-state index contributed by atoms with van der Waals surface area (Å²) in [5.74, 6) is 0.299. The Kier molecular flexibility index (Phi) is 5.36. The van der Waals surface area contributed by atoms with Crippen LogP contribution in [0.5, 0.6) is 0 Å². The number of rotatable bonds is 3. The lowest BCUT2D eigenvalue weighted by molar-refractivity contribution is -0.130. The van der Waals surface area contributed by atoms with Crippen molar-refractivity contribution in [1.29, 1.82) is 0 Å². The third kappa shape index (κ3) is 4.02. The van der Waals surface area contributed by atoms with Crippen LogP contribution in [0.15, 0.2) is 24.3 Å². The zero-order valence-corrected chi connectivity index (χ0v) is 13.6. The molecule has 0 aromatic heterocycles. The lowest BCUT2D eigenvalue weighted by Gasteiger charge is -2.29. The number of likely N-dealkylation sites (tertiary alicyclic amines) is 1. The molecular formula is C19H28N2O. The zero-order valence-electron chi connectivity index (χ0n) is 13.6. The van der Waals surface area contributed by atoms with Gasteiger partial charge in [0.1, 0.15) is 0 Å². The first-order chi connectivity index (χ1) is 10.8. The van der Waals surface area contributed by atoms with Crippen molar-refractivity contribution in [3.8, 4) is 0 Å². The van der Waals surface area contributed by atoms with Crippen molar-refractivity contribution < 1.29 is 4.79 Å². The normalized spacial score (nSPS) is 19.8. The molecule has 1 amide bonds. The molecule has 0 radical (unpaired) electrons. The molecule has 0 atom stereocenters. The average molecular weight is 300 g/mol. The van der Waals surface area contributed by atoms with E-state index < -0.39 is 0 Å². The number of amides is 1. The molecule has 0 aliphatic carbocycles. The largest absolute Gasteiger partial charge is 0.372 e. The molecule has 1 aromatic rings. The van der Waals surface area contributed by atoms with Crippen LogP contribution >= 0.6 is 0 Å². The van der Waals surface area contributed by atoms with Crippen molar-refractivity contribution in [2.45, 2.75) is 51.4 Å². The fourth-order valence-electron chi connectivity index (χ4n) is 3.58. The standard InChI is InChI=1S/C19H28N2O/c22-19(21-14-4-1-2-5-15-21)16-17-8-10-18(11-9-17)20-12-6-3-7-13-20/h8-11H,1-7,12-16H2. The molecule has 0 saturated carbocycles. The second-order valence-electron chi connectivity index (χ2n) is 6.69. The quantitative estimate of drug-likeness (QED) is 0.851. The van der Waals surface area contributed by atoms with Crippen LogP contribution in [-0.2, 0) is 11.2 Å². The predicted octanol–water partition coefficient (Wildman–Crippen LogP) is 3.62. The highest BCUT2D eigenvalue weighted by Crippen LogP contribution is 2.20. The van der Waals surface area contributed by atoms with Crippen molar-refractivity contribution in [2.75, 3.05) is 31.1 Å². The van der Waals surface area contributed by atoms with Gasteiger partial charge in [0.2, 0.25) is 5.91 Å². The zero-order chi connectivity index (χ0) is 15.2. The maximum absolute atomic E-state index is 12.4. The van der Waals surface area contributed by atoms with Gasteiger partial charge in [0, 0.05) is 31.9 Å². The number of anilines is 1. The second-order valence-corrected chi connectivity index (χ2v) is 6.69. The maximum Gasteiger partial charge on any atom is 0.226 e. The summed E-state index contributed by atoms with van der Waals surface area (Å²) in [5.41, 5.74) is 2.46. The Balaban J connectivity index is 1.56. The first kappa shape index (κ1) is 15.4. The van der Waals surface area contributed by atoms with E-state index in [-0.39, 0.29) is 0 Å². The van der Waals surface area contributed by atoms with Gasteiger partial charge >= 0.3 is 0 Å². The van der Waals surface area contributed by atoms with E-state index >= 15 is 0 Å². The van der Waals surface area contributed by atoms with Crippen molar-refractivity contribution >= 4 is 11.6 Å². The van der Waals surface area contributed by atoms with Gasteiger partial charge in [-0.15, -0.1) is 0 Å². The number of hydrogen-bond donors (Lipinski definition) is 0. The molecule has 22 heavy (non-hydrogen) atoms. The minimum Gasteiger partial charge on any atom is -0.372 e. The smallest absolute Gasteiger partial charge is 0.226 e. The minimum atomic E-state index is 0.299. The highest BCUT2D eigenvalue weighted by Gasteiger charge is 2.16. The average Bonchev–Trinajstić information content (AvgIpc) is 2.86. The summed E-state index contributed by atoms with van der Waals surface area (Å²) in [6.45, 7) is 4.24. The van der Waals surface area contributed by atoms with Gasteiger partial charge in [-0.3, -0.25) is 4.79 Å². The first-order valence-electron chi connectivity index (χ1n) is 8.94. The Hall–Kier alpha value is -1.51. The van der Waals surface area contributed by atoms with E-state index in [4.69, 9.17) is 0 Å². The van der Waals surface area contributed by atoms with Crippen molar-refractivity contribution in [3.05, 3.63) is 29.8 Å². The lowest BCUT2D eigenvalue weighted by atomic mass is 10.1. The van der Waals surface area contributed by atoms with Crippen LogP contribution in [0.2, 0.25) is 0 Å². The molecule has 0 bridgehead atoms. The Bertz CT molecular complexity index is 469. The summed E-state index contributed by atoms with van der Waals surface area (Å²) in [5, 5.41) is 0. The van der Waals surface area contributed by atoms with Gasteiger partial charge in [0.05, 0.1) is 6.42 Å². The third-order valence-corrected chi connectivity index (χ3v) is 4.97. The van der Waals surface area contributed by atoms with E-state index in [9.17, 15) is 4.79 Å². The van der Waals surface area contributed by atoms with Crippen molar-refractivity contribution in [1.82, 2.24) is 4.90 Å². The van der Waals surface area contributed by atoms with Crippen molar-refractivity contribution in [2.24, 2.45) is 0 Å². The van der Waals surface area contributed by atoms with E-state index in [1.807, 2.05) is 0 Å². The molecule has 2 saturated heterocycles. The van der Waals surface area contributed by atoms with Gasteiger partial charge in [0.25, 0.3) is 0 Å². The number of carbonyl (C=O) groups is 1. The van der Waals surface area contributed by atoms with Crippen LogP contribution in [0.25, 0.3) is 0 Å². The Morgan fingerprint density at radius 2 is 1.32 bits per heavy atom.